The number of phenols is 1. The normalized spacial score (nSPS) is 17.6. The molecule has 1 fully saturated rings. The van der Waals surface area contributed by atoms with E-state index in [2.05, 4.69) is 0 Å². The number of ether oxygens (including phenoxy) is 1. The van der Waals surface area contributed by atoms with Crippen molar-refractivity contribution in [3.8, 4) is 11.5 Å². The Morgan fingerprint density at radius 2 is 1.78 bits per heavy atom. The van der Waals surface area contributed by atoms with Crippen LogP contribution in [-0.2, 0) is 9.59 Å². The second-order valence-electron chi connectivity index (χ2n) is 7.09. The number of benzene rings is 3. The molecular weight excluding hydrogens is 437 g/mol. The summed E-state index contributed by atoms with van der Waals surface area (Å²) in [5, 5.41) is 20.8. The predicted molar refractivity (Wildman–Crippen MR) is 117 cm³/mol. The molecular formula is C24H17ClFNO5. The number of Topliss-reactive ketones (excluding diaryl/α,β-unsaturated/α-hetero) is 1. The second-order valence-corrected chi connectivity index (χ2v) is 7.50. The number of anilines is 1. The van der Waals surface area contributed by atoms with E-state index in [1.54, 1.807) is 24.3 Å². The Morgan fingerprint density at radius 3 is 2.44 bits per heavy atom. The number of rotatable bonds is 4. The maximum absolute atomic E-state index is 13.4. The lowest BCUT2D eigenvalue weighted by atomic mass is 9.95. The first kappa shape index (κ1) is 21.4. The lowest BCUT2D eigenvalue weighted by molar-refractivity contribution is -0.132. The third kappa shape index (κ3) is 3.67. The van der Waals surface area contributed by atoms with E-state index in [4.69, 9.17) is 16.3 Å². The molecule has 2 N–H and O–H groups in total. The maximum atomic E-state index is 13.4. The Morgan fingerprint density at radius 1 is 1.06 bits per heavy atom. The van der Waals surface area contributed by atoms with Crippen LogP contribution in [0.2, 0.25) is 5.02 Å². The van der Waals surface area contributed by atoms with Crippen LogP contribution in [0.1, 0.15) is 17.2 Å². The molecule has 0 aromatic heterocycles. The fourth-order valence-corrected chi connectivity index (χ4v) is 3.82. The summed E-state index contributed by atoms with van der Waals surface area (Å²) in [6, 6.07) is 14.7. The quantitative estimate of drug-likeness (QED) is 0.336. The summed E-state index contributed by atoms with van der Waals surface area (Å²) in [6.07, 6.45) is 0. The van der Waals surface area contributed by atoms with E-state index in [1.807, 2.05) is 0 Å². The van der Waals surface area contributed by atoms with Crippen molar-refractivity contribution in [2.24, 2.45) is 0 Å². The van der Waals surface area contributed by atoms with Gasteiger partial charge in [-0.05, 0) is 54.1 Å². The van der Waals surface area contributed by atoms with Gasteiger partial charge in [-0.1, -0.05) is 23.7 Å². The van der Waals surface area contributed by atoms with Gasteiger partial charge in [0.2, 0.25) is 0 Å². The molecule has 0 saturated carbocycles. The van der Waals surface area contributed by atoms with E-state index >= 15 is 0 Å². The third-order valence-electron chi connectivity index (χ3n) is 5.18. The molecule has 1 atom stereocenters. The summed E-state index contributed by atoms with van der Waals surface area (Å²) in [4.78, 5) is 27.4. The van der Waals surface area contributed by atoms with Crippen LogP contribution < -0.4 is 9.64 Å². The molecule has 0 bridgehead atoms. The number of halogens is 2. The SMILES string of the molecule is COc1cccc(N2C(=O)C(=O)/C(=C(\O)c3ccc(F)cc3)C2c2ccc(O)c(Cl)c2)c1. The summed E-state index contributed by atoms with van der Waals surface area (Å²) in [6.45, 7) is 0. The number of ketones is 1. The number of carbonyl (C=O) groups excluding carboxylic acids is 2. The van der Waals surface area contributed by atoms with Crippen LogP contribution in [0.15, 0.2) is 72.3 Å². The fraction of sp³-hybridized carbons (Fsp3) is 0.0833. The predicted octanol–water partition coefficient (Wildman–Crippen LogP) is 4.82. The summed E-state index contributed by atoms with van der Waals surface area (Å²) in [7, 11) is 1.47. The highest BCUT2D eigenvalue weighted by molar-refractivity contribution is 6.51. The molecule has 162 valence electrons. The first-order chi connectivity index (χ1) is 15.3. The number of aliphatic hydroxyl groups excluding tert-OH is 1. The Kier molecular flexibility index (Phi) is 5.59. The van der Waals surface area contributed by atoms with Crippen LogP contribution in [0.5, 0.6) is 11.5 Å². The molecule has 6 nitrogen and oxygen atoms in total. The topological polar surface area (TPSA) is 87.1 Å². The number of aromatic hydroxyl groups is 1. The second kappa shape index (κ2) is 8.36. The van der Waals surface area contributed by atoms with Crippen molar-refractivity contribution in [3.05, 3.63) is 94.3 Å². The molecule has 0 radical (unpaired) electrons. The monoisotopic (exact) mass is 453 g/mol. The molecule has 3 aromatic rings. The van der Waals surface area contributed by atoms with Crippen molar-refractivity contribution in [1.29, 1.82) is 0 Å². The van der Waals surface area contributed by atoms with Crippen LogP contribution in [0.3, 0.4) is 0 Å². The molecule has 1 amide bonds. The van der Waals surface area contributed by atoms with Crippen molar-refractivity contribution in [3.63, 3.8) is 0 Å². The van der Waals surface area contributed by atoms with Crippen molar-refractivity contribution >= 4 is 34.7 Å². The van der Waals surface area contributed by atoms with E-state index in [-0.39, 0.29) is 21.9 Å². The summed E-state index contributed by atoms with van der Waals surface area (Å²) < 4.78 is 18.6. The third-order valence-corrected chi connectivity index (χ3v) is 5.48. The van der Waals surface area contributed by atoms with E-state index in [9.17, 15) is 24.2 Å². The Labute approximate surface area is 187 Å². The van der Waals surface area contributed by atoms with E-state index < -0.39 is 29.3 Å². The number of hydrogen-bond donors (Lipinski definition) is 2. The number of methoxy groups -OCH3 is 1. The minimum Gasteiger partial charge on any atom is -0.507 e. The van der Waals surface area contributed by atoms with Crippen LogP contribution in [0.4, 0.5) is 10.1 Å². The molecule has 1 aliphatic rings. The number of hydrogen-bond acceptors (Lipinski definition) is 5. The molecule has 8 heteroatoms. The van der Waals surface area contributed by atoms with Crippen LogP contribution >= 0.6 is 11.6 Å². The number of amides is 1. The van der Waals surface area contributed by atoms with Crippen molar-refractivity contribution < 1.29 is 28.9 Å². The van der Waals surface area contributed by atoms with Gasteiger partial charge in [-0.2, -0.15) is 0 Å². The highest BCUT2D eigenvalue weighted by Gasteiger charge is 2.47. The van der Waals surface area contributed by atoms with Crippen molar-refractivity contribution in [2.75, 3.05) is 12.0 Å². The zero-order chi connectivity index (χ0) is 23.0. The molecule has 1 aliphatic heterocycles. The molecule has 0 spiro atoms. The van der Waals surface area contributed by atoms with Gasteiger partial charge in [-0.3, -0.25) is 14.5 Å². The van der Waals surface area contributed by atoms with Crippen LogP contribution in [-0.4, -0.2) is 29.0 Å². The lowest BCUT2D eigenvalue weighted by Crippen LogP contribution is -2.29. The fourth-order valence-electron chi connectivity index (χ4n) is 3.63. The number of aliphatic hydroxyl groups is 1. The Balaban J connectivity index is 1.96. The summed E-state index contributed by atoms with van der Waals surface area (Å²) in [5.74, 6) is -2.46. The number of carbonyl (C=O) groups is 2. The standard InChI is InChI=1S/C24H17ClFNO5/c1-32-17-4-2-3-16(12-17)27-21(14-7-10-19(28)18(25)11-14)20(23(30)24(27)31)22(29)13-5-8-15(26)9-6-13/h2-12,21,28-29H,1H3/b22-20-. The van der Waals surface area contributed by atoms with Gasteiger partial charge in [0.05, 0.1) is 23.7 Å². The summed E-state index contributed by atoms with van der Waals surface area (Å²) >= 11 is 6.09. The molecule has 32 heavy (non-hydrogen) atoms. The number of nitrogens with zero attached hydrogens (tertiary/aromatic N) is 1. The van der Waals surface area contributed by atoms with E-state index in [1.165, 1.54) is 42.3 Å². The van der Waals surface area contributed by atoms with Crippen LogP contribution in [0.25, 0.3) is 5.76 Å². The van der Waals surface area contributed by atoms with Gasteiger partial charge in [0.1, 0.15) is 23.1 Å². The molecule has 4 rings (SSSR count). The first-order valence-corrected chi connectivity index (χ1v) is 9.89. The average molecular weight is 454 g/mol. The zero-order valence-electron chi connectivity index (χ0n) is 16.8. The average Bonchev–Trinajstić information content (AvgIpc) is 3.06. The molecule has 1 saturated heterocycles. The smallest absolute Gasteiger partial charge is 0.300 e. The first-order valence-electron chi connectivity index (χ1n) is 9.51. The lowest BCUT2D eigenvalue weighted by Gasteiger charge is -2.26. The molecule has 1 unspecified atom stereocenters. The van der Waals surface area contributed by atoms with Gasteiger partial charge < -0.3 is 14.9 Å². The number of phenolic OH excluding ortho intramolecular Hbond substituents is 1. The minimum atomic E-state index is -1.05. The largest absolute Gasteiger partial charge is 0.507 e. The van der Waals surface area contributed by atoms with Gasteiger partial charge >= 0.3 is 0 Å². The Bertz CT molecular complexity index is 1260. The van der Waals surface area contributed by atoms with Gasteiger partial charge in [0, 0.05) is 17.3 Å². The minimum absolute atomic E-state index is 0.0144. The Hall–Kier alpha value is -3.84. The molecule has 0 aliphatic carbocycles. The molecule has 1 heterocycles. The van der Waals surface area contributed by atoms with Gasteiger partial charge in [0.25, 0.3) is 11.7 Å². The van der Waals surface area contributed by atoms with Crippen molar-refractivity contribution in [1.82, 2.24) is 0 Å². The highest BCUT2D eigenvalue weighted by Crippen LogP contribution is 2.44. The van der Waals surface area contributed by atoms with Crippen molar-refractivity contribution in [2.45, 2.75) is 6.04 Å². The highest BCUT2D eigenvalue weighted by atomic mass is 35.5. The van der Waals surface area contributed by atoms with Gasteiger partial charge in [-0.15, -0.1) is 0 Å². The van der Waals surface area contributed by atoms with Gasteiger partial charge in [-0.25, -0.2) is 4.39 Å². The zero-order valence-corrected chi connectivity index (χ0v) is 17.5. The summed E-state index contributed by atoms with van der Waals surface area (Å²) in [5.41, 5.74) is 0.730. The van der Waals surface area contributed by atoms with Crippen LogP contribution in [0, 0.1) is 5.82 Å². The van der Waals surface area contributed by atoms with E-state index in [0.29, 0.717) is 17.0 Å². The van der Waals surface area contributed by atoms with E-state index in [0.717, 1.165) is 12.1 Å². The van der Waals surface area contributed by atoms with Gasteiger partial charge in [0.15, 0.2) is 0 Å². The maximum Gasteiger partial charge on any atom is 0.300 e. The molecule has 3 aromatic carbocycles.